The van der Waals surface area contributed by atoms with Crippen LogP contribution in [0.3, 0.4) is 0 Å². The Hall–Kier alpha value is -0.740. The molecule has 0 fully saturated rings. The average Bonchev–Trinajstić information content (AvgIpc) is 2.31. The Kier molecular flexibility index (Phi) is 4.44. The number of rotatable bonds is 4. The van der Waals surface area contributed by atoms with E-state index in [1.807, 2.05) is 26.8 Å². The van der Waals surface area contributed by atoms with E-state index in [1.54, 1.807) is 14.2 Å². The number of halogens is 1. The molecular formula is C13H19BrO3. The summed E-state index contributed by atoms with van der Waals surface area (Å²) in [5.74, 6) is 1.35. The van der Waals surface area contributed by atoms with Crippen molar-refractivity contribution >= 4 is 15.9 Å². The largest absolute Gasteiger partial charge is 0.493 e. The Morgan fingerprint density at radius 1 is 1.29 bits per heavy atom. The molecule has 1 aromatic carbocycles. The first-order valence-corrected chi connectivity index (χ1v) is 6.20. The topological polar surface area (TPSA) is 38.7 Å². The Morgan fingerprint density at radius 2 is 1.88 bits per heavy atom. The molecule has 1 rings (SSSR count). The zero-order valence-corrected chi connectivity index (χ0v) is 12.5. The van der Waals surface area contributed by atoms with E-state index in [4.69, 9.17) is 9.47 Å². The van der Waals surface area contributed by atoms with Crippen molar-refractivity contribution in [2.45, 2.75) is 26.2 Å². The molecule has 0 saturated heterocycles. The van der Waals surface area contributed by atoms with Crippen LogP contribution in [0, 0.1) is 6.92 Å². The van der Waals surface area contributed by atoms with Gasteiger partial charge in [-0.15, -0.1) is 0 Å². The van der Waals surface area contributed by atoms with Crippen molar-refractivity contribution in [3.63, 3.8) is 0 Å². The van der Waals surface area contributed by atoms with Gasteiger partial charge in [-0.3, -0.25) is 0 Å². The van der Waals surface area contributed by atoms with Crippen LogP contribution in [0.25, 0.3) is 0 Å². The number of benzene rings is 1. The van der Waals surface area contributed by atoms with Gasteiger partial charge in [0.1, 0.15) is 0 Å². The van der Waals surface area contributed by atoms with Gasteiger partial charge in [-0.1, -0.05) is 13.8 Å². The fourth-order valence-corrected chi connectivity index (χ4v) is 2.40. The lowest BCUT2D eigenvalue weighted by molar-refractivity contribution is 0.217. The van der Waals surface area contributed by atoms with Crippen LogP contribution in [0.15, 0.2) is 10.5 Å². The average molecular weight is 303 g/mol. The minimum atomic E-state index is -0.313. The molecule has 96 valence electrons. The van der Waals surface area contributed by atoms with Gasteiger partial charge >= 0.3 is 0 Å². The Balaban J connectivity index is 3.50. The quantitative estimate of drug-likeness (QED) is 0.929. The number of methoxy groups -OCH3 is 2. The van der Waals surface area contributed by atoms with Crippen LogP contribution >= 0.6 is 15.9 Å². The van der Waals surface area contributed by atoms with E-state index in [0.29, 0.717) is 11.5 Å². The van der Waals surface area contributed by atoms with E-state index >= 15 is 0 Å². The van der Waals surface area contributed by atoms with Crippen molar-refractivity contribution < 1.29 is 14.6 Å². The SMILES string of the molecule is COc1cc(C(C)(C)CO)c(C)c(Br)c1OC. The number of hydrogen-bond acceptors (Lipinski definition) is 3. The molecule has 0 spiro atoms. The Labute approximate surface area is 111 Å². The molecule has 0 aliphatic rings. The lowest BCUT2D eigenvalue weighted by Crippen LogP contribution is -2.23. The van der Waals surface area contributed by atoms with Gasteiger partial charge in [-0.2, -0.15) is 0 Å². The highest BCUT2D eigenvalue weighted by Gasteiger charge is 2.26. The maximum Gasteiger partial charge on any atom is 0.175 e. The second kappa shape index (κ2) is 5.27. The molecule has 0 bridgehead atoms. The third kappa shape index (κ3) is 2.58. The van der Waals surface area contributed by atoms with Crippen LogP contribution in [-0.4, -0.2) is 25.9 Å². The summed E-state index contributed by atoms with van der Waals surface area (Å²) in [5.41, 5.74) is 1.79. The maximum absolute atomic E-state index is 9.47. The second-order valence-electron chi connectivity index (χ2n) is 4.64. The van der Waals surface area contributed by atoms with E-state index in [1.165, 1.54) is 0 Å². The molecule has 0 heterocycles. The molecule has 0 atom stereocenters. The predicted octanol–water partition coefficient (Wildman–Crippen LogP) is 3.04. The molecule has 1 N–H and O–H groups in total. The first-order valence-electron chi connectivity index (χ1n) is 5.41. The molecule has 3 nitrogen and oxygen atoms in total. The number of aliphatic hydroxyl groups is 1. The highest BCUT2D eigenvalue weighted by atomic mass is 79.9. The van der Waals surface area contributed by atoms with Gasteiger partial charge in [0.15, 0.2) is 11.5 Å². The van der Waals surface area contributed by atoms with Gasteiger partial charge in [0.2, 0.25) is 0 Å². The zero-order chi connectivity index (χ0) is 13.2. The zero-order valence-electron chi connectivity index (χ0n) is 10.9. The lowest BCUT2D eigenvalue weighted by atomic mass is 9.82. The molecule has 0 unspecified atom stereocenters. The van der Waals surface area contributed by atoms with E-state index in [2.05, 4.69) is 15.9 Å². The van der Waals surface area contributed by atoms with Gasteiger partial charge in [0, 0.05) is 5.41 Å². The number of hydrogen-bond donors (Lipinski definition) is 1. The summed E-state index contributed by atoms with van der Waals surface area (Å²) >= 11 is 3.52. The van der Waals surface area contributed by atoms with Crippen LogP contribution in [0.1, 0.15) is 25.0 Å². The van der Waals surface area contributed by atoms with Crippen molar-refractivity contribution in [3.05, 3.63) is 21.7 Å². The molecule has 0 radical (unpaired) electrons. The minimum absolute atomic E-state index is 0.0791. The fourth-order valence-electron chi connectivity index (χ4n) is 1.83. The maximum atomic E-state index is 9.47. The second-order valence-corrected chi connectivity index (χ2v) is 5.43. The van der Waals surface area contributed by atoms with Gasteiger partial charge in [-0.05, 0) is 40.0 Å². The lowest BCUT2D eigenvalue weighted by Gasteiger charge is -2.26. The molecule has 4 heteroatoms. The van der Waals surface area contributed by atoms with Crippen molar-refractivity contribution in [3.8, 4) is 11.5 Å². The van der Waals surface area contributed by atoms with E-state index < -0.39 is 0 Å². The van der Waals surface area contributed by atoms with Crippen LogP contribution in [0.5, 0.6) is 11.5 Å². The molecule has 0 amide bonds. The first kappa shape index (κ1) is 14.3. The van der Waals surface area contributed by atoms with Gasteiger partial charge in [0.05, 0.1) is 25.3 Å². The molecule has 0 saturated carbocycles. The summed E-state index contributed by atoms with van der Waals surface area (Å²) < 4.78 is 11.5. The summed E-state index contributed by atoms with van der Waals surface area (Å²) in [6.45, 7) is 6.07. The molecule has 0 aromatic heterocycles. The minimum Gasteiger partial charge on any atom is -0.493 e. The van der Waals surface area contributed by atoms with E-state index in [9.17, 15) is 5.11 Å². The van der Waals surface area contributed by atoms with E-state index in [-0.39, 0.29) is 12.0 Å². The Morgan fingerprint density at radius 3 is 2.29 bits per heavy atom. The fraction of sp³-hybridized carbons (Fsp3) is 0.538. The summed E-state index contributed by atoms with van der Waals surface area (Å²) in [6, 6.07) is 1.93. The number of ether oxygens (including phenoxy) is 2. The molecule has 0 aliphatic heterocycles. The van der Waals surface area contributed by atoms with Crippen LogP contribution < -0.4 is 9.47 Å². The molecule has 1 aromatic rings. The molecule has 17 heavy (non-hydrogen) atoms. The van der Waals surface area contributed by atoms with Crippen LogP contribution in [-0.2, 0) is 5.41 Å². The van der Waals surface area contributed by atoms with Crippen molar-refractivity contribution in [1.82, 2.24) is 0 Å². The van der Waals surface area contributed by atoms with Gasteiger partial charge < -0.3 is 14.6 Å². The molecule has 0 aliphatic carbocycles. The normalized spacial score (nSPS) is 11.5. The van der Waals surface area contributed by atoms with Crippen molar-refractivity contribution in [2.24, 2.45) is 0 Å². The van der Waals surface area contributed by atoms with Crippen LogP contribution in [0.4, 0.5) is 0 Å². The summed E-state index contributed by atoms with van der Waals surface area (Å²) in [4.78, 5) is 0. The Bertz CT molecular complexity index is 414. The van der Waals surface area contributed by atoms with Gasteiger partial charge in [-0.25, -0.2) is 0 Å². The van der Waals surface area contributed by atoms with Crippen LogP contribution in [0.2, 0.25) is 0 Å². The van der Waals surface area contributed by atoms with Crippen molar-refractivity contribution in [1.29, 1.82) is 0 Å². The molecular weight excluding hydrogens is 284 g/mol. The summed E-state index contributed by atoms with van der Waals surface area (Å²) in [7, 11) is 3.22. The smallest absolute Gasteiger partial charge is 0.175 e. The third-order valence-electron chi connectivity index (χ3n) is 2.98. The van der Waals surface area contributed by atoms with E-state index in [0.717, 1.165) is 15.6 Å². The third-order valence-corrected chi connectivity index (χ3v) is 3.94. The summed E-state index contributed by atoms with van der Waals surface area (Å²) in [5, 5.41) is 9.47. The highest BCUT2D eigenvalue weighted by Crippen LogP contribution is 2.42. The number of aliphatic hydroxyl groups excluding tert-OH is 1. The standard InChI is InChI=1S/C13H19BrO3/c1-8-9(13(2,3)7-15)6-10(16-4)12(17-5)11(8)14/h6,15H,7H2,1-5H3. The van der Waals surface area contributed by atoms with Crippen molar-refractivity contribution in [2.75, 3.05) is 20.8 Å². The summed E-state index contributed by atoms with van der Waals surface area (Å²) in [6.07, 6.45) is 0. The monoisotopic (exact) mass is 302 g/mol. The predicted molar refractivity (Wildman–Crippen MR) is 72.1 cm³/mol. The first-order chi connectivity index (χ1) is 7.88. The van der Waals surface area contributed by atoms with Gasteiger partial charge in [0.25, 0.3) is 0 Å². The highest BCUT2D eigenvalue weighted by molar-refractivity contribution is 9.10.